The summed E-state index contributed by atoms with van der Waals surface area (Å²) >= 11 is 0. The van der Waals surface area contributed by atoms with Crippen LogP contribution in [0.3, 0.4) is 0 Å². The van der Waals surface area contributed by atoms with Crippen molar-refractivity contribution in [2.45, 2.75) is 44.8 Å². The Balaban J connectivity index is 2.24. The van der Waals surface area contributed by atoms with Crippen LogP contribution in [0.5, 0.6) is 5.75 Å². The molecule has 1 N–H and O–H groups in total. The van der Waals surface area contributed by atoms with E-state index in [9.17, 15) is 4.39 Å². The van der Waals surface area contributed by atoms with Gasteiger partial charge in [-0.05, 0) is 38.1 Å². The number of methoxy groups -OCH3 is 1. The molecule has 0 bridgehead atoms. The van der Waals surface area contributed by atoms with Crippen LogP contribution < -0.4 is 10.1 Å². The molecule has 0 aromatic heterocycles. The van der Waals surface area contributed by atoms with Crippen molar-refractivity contribution >= 4 is 0 Å². The van der Waals surface area contributed by atoms with Crippen LogP contribution in [0.4, 0.5) is 4.39 Å². The van der Waals surface area contributed by atoms with Crippen LogP contribution in [0.25, 0.3) is 0 Å². The molecule has 2 atom stereocenters. The first kappa shape index (κ1) is 15.3. The van der Waals surface area contributed by atoms with Gasteiger partial charge in [0, 0.05) is 38.2 Å². The molecule has 0 spiro atoms. The fourth-order valence-corrected chi connectivity index (χ4v) is 2.71. The van der Waals surface area contributed by atoms with E-state index >= 15 is 0 Å². The second kappa shape index (κ2) is 6.55. The van der Waals surface area contributed by atoms with Gasteiger partial charge >= 0.3 is 0 Å². The van der Waals surface area contributed by atoms with Crippen LogP contribution in [-0.2, 0) is 4.74 Å². The summed E-state index contributed by atoms with van der Waals surface area (Å²) in [5.41, 5.74) is 0.653. The van der Waals surface area contributed by atoms with E-state index in [1.807, 2.05) is 0 Å². The van der Waals surface area contributed by atoms with Gasteiger partial charge in [0.25, 0.3) is 0 Å². The summed E-state index contributed by atoms with van der Waals surface area (Å²) in [5, 5.41) is 3.50. The lowest BCUT2D eigenvalue weighted by Gasteiger charge is -2.40. The van der Waals surface area contributed by atoms with Gasteiger partial charge in [-0.1, -0.05) is 6.92 Å². The van der Waals surface area contributed by atoms with E-state index in [4.69, 9.17) is 9.47 Å². The van der Waals surface area contributed by atoms with Gasteiger partial charge in [-0.3, -0.25) is 0 Å². The number of hydrogen-bond acceptors (Lipinski definition) is 3. The monoisotopic (exact) mass is 281 g/mol. The molecule has 1 heterocycles. The van der Waals surface area contributed by atoms with E-state index in [2.05, 4.69) is 19.2 Å². The molecule has 1 aromatic carbocycles. The van der Waals surface area contributed by atoms with E-state index in [1.165, 1.54) is 6.07 Å². The summed E-state index contributed by atoms with van der Waals surface area (Å²) in [6.45, 7) is 5.80. The normalized spacial score (nSPS) is 25.1. The van der Waals surface area contributed by atoms with E-state index in [0.717, 1.165) is 37.1 Å². The fraction of sp³-hybridized carbons (Fsp3) is 0.625. The number of nitrogens with one attached hydrogen (secondary N) is 1. The minimum atomic E-state index is -0.272. The van der Waals surface area contributed by atoms with E-state index in [-0.39, 0.29) is 17.5 Å². The first-order valence-corrected chi connectivity index (χ1v) is 7.29. The number of fused-ring (bicyclic) bond motifs is 1. The lowest BCUT2D eigenvalue weighted by molar-refractivity contribution is 0.0169. The quantitative estimate of drug-likeness (QED) is 0.866. The lowest BCUT2D eigenvalue weighted by atomic mass is 9.86. The topological polar surface area (TPSA) is 30.5 Å². The smallest absolute Gasteiger partial charge is 0.125 e. The van der Waals surface area contributed by atoms with E-state index < -0.39 is 0 Å². The van der Waals surface area contributed by atoms with Gasteiger partial charge in [0.15, 0.2) is 0 Å². The van der Waals surface area contributed by atoms with Crippen molar-refractivity contribution in [3.63, 3.8) is 0 Å². The van der Waals surface area contributed by atoms with Crippen LogP contribution in [0.1, 0.15) is 44.7 Å². The summed E-state index contributed by atoms with van der Waals surface area (Å²) in [4.78, 5) is 0. The third kappa shape index (κ3) is 3.49. The molecule has 0 saturated carbocycles. The van der Waals surface area contributed by atoms with Gasteiger partial charge in [0.2, 0.25) is 0 Å². The minimum absolute atomic E-state index is 0.135. The van der Waals surface area contributed by atoms with Crippen molar-refractivity contribution in [1.29, 1.82) is 0 Å². The second-order valence-electron chi connectivity index (χ2n) is 5.69. The summed E-state index contributed by atoms with van der Waals surface area (Å²) in [6.07, 6.45) is 2.70. The Morgan fingerprint density at radius 2 is 2.30 bits per heavy atom. The number of benzene rings is 1. The Kier molecular flexibility index (Phi) is 5.00. The highest BCUT2D eigenvalue weighted by molar-refractivity contribution is 5.39. The van der Waals surface area contributed by atoms with Gasteiger partial charge < -0.3 is 14.8 Å². The highest BCUT2D eigenvalue weighted by atomic mass is 19.1. The minimum Gasteiger partial charge on any atom is -0.487 e. The molecule has 112 valence electrons. The maximum absolute atomic E-state index is 13.5. The Bertz CT molecular complexity index is 452. The maximum atomic E-state index is 13.5. The average molecular weight is 281 g/mol. The average Bonchev–Trinajstić information content (AvgIpc) is 2.43. The highest BCUT2D eigenvalue weighted by Crippen LogP contribution is 2.41. The first-order valence-electron chi connectivity index (χ1n) is 7.29. The standard InChI is InChI=1S/C16H24FNO2/c1-4-8-18-14-11-16(2,7-9-19-3)20-15-6-5-12(17)10-13(14)15/h5-6,10,14,18H,4,7-9,11H2,1-3H3. The molecule has 1 aliphatic heterocycles. The largest absolute Gasteiger partial charge is 0.487 e. The summed E-state index contributed by atoms with van der Waals surface area (Å²) in [5.74, 6) is 0.570. The molecule has 3 nitrogen and oxygen atoms in total. The van der Waals surface area contributed by atoms with Crippen LogP contribution in [-0.4, -0.2) is 25.9 Å². The van der Waals surface area contributed by atoms with Crippen molar-refractivity contribution in [1.82, 2.24) is 5.32 Å². The number of halogens is 1. The third-order valence-corrected chi connectivity index (χ3v) is 3.82. The molecule has 0 radical (unpaired) electrons. The zero-order valence-corrected chi connectivity index (χ0v) is 12.5. The highest BCUT2D eigenvalue weighted by Gasteiger charge is 2.37. The maximum Gasteiger partial charge on any atom is 0.125 e. The van der Waals surface area contributed by atoms with Crippen molar-refractivity contribution in [2.75, 3.05) is 20.3 Å². The molecule has 1 aromatic rings. The lowest BCUT2D eigenvalue weighted by Crippen LogP contribution is -2.42. The van der Waals surface area contributed by atoms with Crippen molar-refractivity contribution in [3.8, 4) is 5.75 Å². The SMILES string of the molecule is CCCNC1CC(C)(CCOC)Oc2ccc(F)cc21. The molecule has 0 saturated heterocycles. The first-order chi connectivity index (χ1) is 9.58. The van der Waals surface area contributed by atoms with Gasteiger partial charge in [0.05, 0.1) is 0 Å². The number of rotatable bonds is 6. The summed E-state index contributed by atoms with van der Waals surface area (Å²) in [7, 11) is 1.70. The van der Waals surface area contributed by atoms with Crippen molar-refractivity contribution in [2.24, 2.45) is 0 Å². The molecular formula is C16H24FNO2. The van der Waals surface area contributed by atoms with Gasteiger partial charge in [0.1, 0.15) is 17.2 Å². The molecule has 1 aliphatic rings. The van der Waals surface area contributed by atoms with E-state index in [1.54, 1.807) is 19.2 Å². The Labute approximate surface area is 120 Å². The second-order valence-corrected chi connectivity index (χ2v) is 5.69. The molecule has 0 fully saturated rings. The van der Waals surface area contributed by atoms with Crippen molar-refractivity contribution in [3.05, 3.63) is 29.6 Å². The molecule has 0 amide bonds. The number of hydrogen-bond donors (Lipinski definition) is 1. The molecule has 4 heteroatoms. The zero-order valence-electron chi connectivity index (χ0n) is 12.5. The Morgan fingerprint density at radius 3 is 3.00 bits per heavy atom. The molecule has 2 rings (SSSR count). The predicted molar refractivity (Wildman–Crippen MR) is 77.6 cm³/mol. The predicted octanol–water partition coefficient (Wildman–Crippen LogP) is 3.44. The zero-order chi connectivity index (χ0) is 14.6. The van der Waals surface area contributed by atoms with Crippen LogP contribution in [0.2, 0.25) is 0 Å². The third-order valence-electron chi connectivity index (χ3n) is 3.82. The van der Waals surface area contributed by atoms with Crippen LogP contribution in [0, 0.1) is 5.82 Å². The van der Waals surface area contributed by atoms with Crippen LogP contribution >= 0.6 is 0 Å². The van der Waals surface area contributed by atoms with E-state index in [0.29, 0.717) is 6.61 Å². The van der Waals surface area contributed by atoms with Crippen LogP contribution in [0.15, 0.2) is 18.2 Å². The fourth-order valence-electron chi connectivity index (χ4n) is 2.71. The van der Waals surface area contributed by atoms with Gasteiger partial charge in [-0.15, -0.1) is 0 Å². The molecule has 2 unspecified atom stereocenters. The van der Waals surface area contributed by atoms with Gasteiger partial charge in [-0.2, -0.15) is 0 Å². The number of ether oxygens (including phenoxy) is 2. The Hall–Kier alpha value is -1.13. The summed E-state index contributed by atoms with van der Waals surface area (Å²) in [6, 6.07) is 4.91. The van der Waals surface area contributed by atoms with Gasteiger partial charge in [-0.25, -0.2) is 4.39 Å². The molecular weight excluding hydrogens is 257 g/mol. The molecule has 0 aliphatic carbocycles. The molecule has 20 heavy (non-hydrogen) atoms. The Morgan fingerprint density at radius 1 is 1.50 bits per heavy atom. The van der Waals surface area contributed by atoms with Crippen molar-refractivity contribution < 1.29 is 13.9 Å². The summed E-state index contributed by atoms with van der Waals surface area (Å²) < 4.78 is 24.8.